The molecule has 1 N–H and O–H groups in total. The van der Waals surface area contributed by atoms with Crippen molar-refractivity contribution in [2.75, 3.05) is 26.2 Å². The van der Waals surface area contributed by atoms with Gasteiger partial charge in [-0.15, -0.1) is 0 Å². The second-order valence-corrected chi connectivity index (χ2v) is 6.07. The number of hydrogen-bond donors (Lipinski definition) is 1. The van der Waals surface area contributed by atoms with Crippen LogP contribution in [0.25, 0.3) is 0 Å². The molecule has 0 amide bonds. The molecule has 1 saturated carbocycles. The van der Waals surface area contributed by atoms with Gasteiger partial charge in [-0.25, -0.2) is 0 Å². The van der Waals surface area contributed by atoms with Gasteiger partial charge in [0, 0.05) is 13.1 Å². The molecule has 1 saturated heterocycles. The lowest BCUT2D eigenvalue weighted by Gasteiger charge is -2.20. The van der Waals surface area contributed by atoms with Gasteiger partial charge in [0.15, 0.2) is 0 Å². The fraction of sp³-hybridized carbons (Fsp3) is 1.00. The maximum Gasteiger partial charge on any atom is 0.0597 e. The fourth-order valence-corrected chi connectivity index (χ4v) is 3.22. The average Bonchev–Trinajstić information content (AvgIpc) is 2.67. The summed E-state index contributed by atoms with van der Waals surface area (Å²) in [4.78, 5) is 2.44. The number of hydrogen-bond acceptors (Lipinski definition) is 3. The van der Waals surface area contributed by atoms with E-state index in [1.54, 1.807) is 0 Å². The molecular formula is C15H29NO2. The van der Waals surface area contributed by atoms with Crippen LogP contribution in [0.5, 0.6) is 0 Å². The van der Waals surface area contributed by atoms with Crippen molar-refractivity contribution in [3.63, 3.8) is 0 Å². The van der Waals surface area contributed by atoms with E-state index in [2.05, 4.69) is 4.90 Å². The van der Waals surface area contributed by atoms with E-state index < -0.39 is 0 Å². The van der Waals surface area contributed by atoms with Gasteiger partial charge < -0.3 is 14.7 Å². The molecule has 2 unspecified atom stereocenters. The maximum absolute atomic E-state index is 9.57. The van der Waals surface area contributed by atoms with Crippen LogP contribution in [0.4, 0.5) is 0 Å². The molecule has 106 valence electrons. The molecule has 3 nitrogen and oxygen atoms in total. The van der Waals surface area contributed by atoms with Crippen LogP contribution in [0.1, 0.15) is 51.9 Å². The van der Waals surface area contributed by atoms with Crippen molar-refractivity contribution in [1.29, 1.82) is 0 Å². The first-order valence-corrected chi connectivity index (χ1v) is 7.77. The van der Waals surface area contributed by atoms with Crippen molar-refractivity contribution in [2.45, 2.75) is 64.1 Å². The summed E-state index contributed by atoms with van der Waals surface area (Å²) in [6.07, 6.45) is 9.50. The summed E-state index contributed by atoms with van der Waals surface area (Å²) in [5.41, 5.74) is 0. The van der Waals surface area contributed by atoms with Gasteiger partial charge in [-0.05, 0) is 38.6 Å². The lowest BCUT2D eigenvalue weighted by molar-refractivity contribution is 0.0303. The first-order valence-electron chi connectivity index (χ1n) is 7.77. The molecule has 2 aliphatic rings. The molecule has 3 heteroatoms. The van der Waals surface area contributed by atoms with E-state index >= 15 is 0 Å². The Bertz CT molecular complexity index is 225. The predicted octanol–water partition coefficient (Wildman–Crippen LogP) is 2.43. The molecule has 1 heterocycles. The molecule has 0 aromatic heterocycles. The highest BCUT2D eigenvalue weighted by molar-refractivity contribution is 4.78. The van der Waals surface area contributed by atoms with Crippen LogP contribution < -0.4 is 0 Å². The van der Waals surface area contributed by atoms with Gasteiger partial charge in [0.05, 0.1) is 18.8 Å². The van der Waals surface area contributed by atoms with Crippen LogP contribution in [0.3, 0.4) is 0 Å². The third kappa shape index (κ3) is 4.52. The summed E-state index contributed by atoms with van der Waals surface area (Å²) in [6, 6.07) is 0. The molecule has 18 heavy (non-hydrogen) atoms. The third-order valence-corrected chi connectivity index (χ3v) is 4.55. The van der Waals surface area contributed by atoms with Gasteiger partial charge in [-0.1, -0.05) is 25.7 Å². The van der Waals surface area contributed by atoms with Crippen molar-refractivity contribution >= 4 is 0 Å². The summed E-state index contributed by atoms with van der Waals surface area (Å²) >= 11 is 0. The van der Waals surface area contributed by atoms with Crippen LogP contribution >= 0.6 is 0 Å². The molecule has 2 rings (SSSR count). The Kier molecular flexibility index (Phi) is 5.93. The van der Waals surface area contributed by atoms with Gasteiger partial charge >= 0.3 is 0 Å². The number of likely N-dealkylation sites (tertiary alicyclic amines) is 1. The van der Waals surface area contributed by atoms with Crippen molar-refractivity contribution in [1.82, 2.24) is 4.90 Å². The second kappa shape index (κ2) is 7.46. The van der Waals surface area contributed by atoms with Crippen molar-refractivity contribution < 1.29 is 9.84 Å². The van der Waals surface area contributed by atoms with Crippen LogP contribution in [-0.4, -0.2) is 48.5 Å². The normalized spacial score (nSPS) is 29.3. The molecule has 2 fully saturated rings. The molecule has 1 aliphatic heterocycles. The van der Waals surface area contributed by atoms with E-state index in [9.17, 15) is 5.11 Å². The van der Waals surface area contributed by atoms with Gasteiger partial charge in [0.2, 0.25) is 0 Å². The Labute approximate surface area is 112 Å². The van der Waals surface area contributed by atoms with Crippen LogP contribution in [-0.2, 0) is 4.74 Å². The molecular weight excluding hydrogens is 226 g/mol. The van der Waals surface area contributed by atoms with E-state index in [0.29, 0.717) is 12.0 Å². The molecule has 2 atom stereocenters. The minimum atomic E-state index is -0.155. The summed E-state index contributed by atoms with van der Waals surface area (Å²) < 4.78 is 6.02. The summed E-state index contributed by atoms with van der Waals surface area (Å²) in [5, 5.41) is 9.57. The minimum absolute atomic E-state index is 0.155. The minimum Gasteiger partial charge on any atom is -0.393 e. The van der Waals surface area contributed by atoms with E-state index in [-0.39, 0.29) is 6.10 Å². The first-order chi connectivity index (χ1) is 8.75. The Morgan fingerprint density at radius 2 is 1.89 bits per heavy atom. The van der Waals surface area contributed by atoms with E-state index in [1.165, 1.54) is 38.5 Å². The number of rotatable bonds is 5. The zero-order valence-corrected chi connectivity index (χ0v) is 11.8. The zero-order valence-electron chi connectivity index (χ0n) is 11.8. The van der Waals surface area contributed by atoms with Crippen molar-refractivity contribution in [2.24, 2.45) is 5.92 Å². The fourth-order valence-electron chi connectivity index (χ4n) is 3.22. The Balaban J connectivity index is 1.58. The number of ether oxygens (including phenoxy) is 1. The second-order valence-electron chi connectivity index (χ2n) is 6.07. The van der Waals surface area contributed by atoms with Gasteiger partial charge in [-0.3, -0.25) is 0 Å². The van der Waals surface area contributed by atoms with E-state index in [1.807, 2.05) is 6.92 Å². The van der Waals surface area contributed by atoms with Crippen molar-refractivity contribution in [3.05, 3.63) is 0 Å². The summed E-state index contributed by atoms with van der Waals surface area (Å²) in [5.74, 6) is 0.475. The highest BCUT2D eigenvalue weighted by atomic mass is 16.5. The highest BCUT2D eigenvalue weighted by Gasteiger charge is 2.25. The van der Waals surface area contributed by atoms with E-state index in [0.717, 1.165) is 32.7 Å². The zero-order chi connectivity index (χ0) is 12.8. The van der Waals surface area contributed by atoms with Gasteiger partial charge in [-0.2, -0.15) is 0 Å². The third-order valence-electron chi connectivity index (χ3n) is 4.55. The van der Waals surface area contributed by atoms with Gasteiger partial charge in [0.25, 0.3) is 0 Å². The largest absolute Gasteiger partial charge is 0.393 e. The Morgan fingerprint density at radius 3 is 2.50 bits per heavy atom. The molecule has 1 aliphatic carbocycles. The number of aliphatic hydroxyl groups is 1. The van der Waals surface area contributed by atoms with Crippen LogP contribution in [0.2, 0.25) is 0 Å². The SMILES string of the molecule is CC(O)C1CCN(CCOC2CCCCCC2)C1. The Morgan fingerprint density at radius 1 is 1.17 bits per heavy atom. The standard InChI is InChI=1S/C15H29NO2/c1-13(17)14-8-9-16(12-14)10-11-18-15-6-4-2-3-5-7-15/h13-15,17H,2-12H2,1H3. The monoisotopic (exact) mass is 255 g/mol. The van der Waals surface area contributed by atoms with E-state index in [4.69, 9.17) is 4.74 Å². The molecule has 0 aromatic carbocycles. The summed E-state index contributed by atoms with van der Waals surface area (Å²) in [6.45, 7) is 6.00. The number of nitrogens with zero attached hydrogens (tertiary/aromatic N) is 1. The maximum atomic E-state index is 9.57. The Hall–Kier alpha value is -0.120. The van der Waals surface area contributed by atoms with Crippen molar-refractivity contribution in [3.8, 4) is 0 Å². The molecule has 0 radical (unpaired) electrons. The smallest absolute Gasteiger partial charge is 0.0597 e. The molecule has 0 aromatic rings. The number of aliphatic hydroxyl groups excluding tert-OH is 1. The molecule has 0 spiro atoms. The lowest BCUT2D eigenvalue weighted by atomic mass is 10.0. The molecule has 0 bridgehead atoms. The van der Waals surface area contributed by atoms with Crippen LogP contribution in [0, 0.1) is 5.92 Å². The highest BCUT2D eigenvalue weighted by Crippen LogP contribution is 2.21. The predicted molar refractivity (Wildman–Crippen MR) is 73.7 cm³/mol. The van der Waals surface area contributed by atoms with Gasteiger partial charge in [0.1, 0.15) is 0 Å². The topological polar surface area (TPSA) is 32.7 Å². The lowest BCUT2D eigenvalue weighted by Crippen LogP contribution is -2.28. The summed E-state index contributed by atoms with van der Waals surface area (Å²) in [7, 11) is 0. The average molecular weight is 255 g/mol. The van der Waals surface area contributed by atoms with Crippen LogP contribution in [0.15, 0.2) is 0 Å². The quantitative estimate of drug-likeness (QED) is 0.766. The first kappa shape index (κ1) is 14.3.